The molecular formula is C16H26N2O3. The quantitative estimate of drug-likeness (QED) is 0.724. The van der Waals surface area contributed by atoms with E-state index in [9.17, 15) is 4.79 Å². The van der Waals surface area contributed by atoms with Gasteiger partial charge < -0.3 is 20.5 Å². The van der Waals surface area contributed by atoms with Gasteiger partial charge in [-0.3, -0.25) is 0 Å². The SMILES string of the molecule is CCOc1ccc(NC(=O)NCC(C)(C)CCO)cc1C. The maximum absolute atomic E-state index is 11.9. The zero-order chi connectivity index (χ0) is 15.9. The van der Waals surface area contributed by atoms with E-state index >= 15 is 0 Å². The Morgan fingerprint density at radius 2 is 2.10 bits per heavy atom. The van der Waals surface area contributed by atoms with Crippen molar-refractivity contribution in [1.29, 1.82) is 0 Å². The number of aliphatic hydroxyl groups is 1. The van der Waals surface area contributed by atoms with Crippen LogP contribution in [0.15, 0.2) is 18.2 Å². The van der Waals surface area contributed by atoms with Gasteiger partial charge in [0.2, 0.25) is 0 Å². The summed E-state index contributed by atoms with van der Waals surface area (Å²) < 4.78 is 5.46. The molecular weight excluding hydrogens is 268 g/mol. The topological polar surface area (TPSA) is 70.6 Å². The van der Waals surface area contributed by atoms with Crippen molar-refractivity contribution in [2.75, 3.05) is 25.1 Å². The number of amides is 2. The zero-order valence-corrected chi connectivity index (χ0v) is 13.3. The molecule has 0 aliphatic rings. The number of aliphatic hydroxyl groups excluding tert-OH is 1. The highest BCUT2D eigenvalue weighted by atomic mass is 16.5. The first kappa shape index (κ1) is 17.3. The Morgan fingerprint density at radius 1 is 1.38 bits per heavy atom. The maximum Gasteiger partial charge on any atom is 0.319 e. The first-order chi connectivity index (χ1) is 9.88. The Balaban J connectivity index is 2.53. The minimum atomic E-state index is -0.246. The summed E-state index contributed by atoms with van der Waals surface area (Å²) >= 11 is 0. The minimum Gasteiger partial charge on any atom is -0.494 e. The molecule has 0 aliphatic carbocycles. The standard InChI is InChI=1S/C16H26N2O3/c1-5-21-14-7-6-13(10-12(14)2)18-15(20)17-11-16(3,4)8-9-19/h6-7,10,19H,5,8-9,11H2,1-4H3,(H2,17,18,20). The summed E-state index contributed by atoms with van der Waals surface area (Å²) in [6, 6.07) is 5.30. The first-order valence-corrected chi connectivity index (χ1v) is 7.27. The fourth-order valence-electron chi connectivity index (χ4n) is 1.93. The molecule has 0 saturated heterocycles. The average Bonchev–Trinajstić information content (AvgIpc) is 2.40. The van der Waals surface area contributed by atoms with E-state index in [1.807, 2.05) is 45.9 Å². The summed E-state index contributed by atoms with van der Waals surface area (Å²) in [5, 5.41) is 14.6. The number of hydrogen-bond acceptors (Lipinski definition) is 3. The summed E-state index contributed by atoms with van der Waals surface area (Å²) in [5.41, 5.74) is 1.59. The summed E-state index contributed by atoms with van der Waals surface area (Å²) in [6.07, 6.45) is 0.648. The van der Waals surface area contributed by atoms with Crippen LogP contribution in [0.2, 0.25) is 0 Å². The third-order valence-corrected chi connectivity index (χ3v) is 3.25. The summed E-state index contributed by atoms with van der Waals surface area (Å²) in [5.74, 6) is 0.826. The van der Waals surface area contributed by atoms with Crippen LogP contribution in [0.25, 0.3) is 0 Å². The van der Waals surface area contributed by atoms with Gasteiger partial charge in [0, 0.05) is 18.8 Å². The molecule has 0 spiro atoms. The van der Waals surface area contributed by atoms with Crippen LogP contribution in [0, 0.1) is 12.3 Å². The lowest BCUT2D eigenvalue weighted by atomic mass is 9.90. The van der Waals surface area contributed by atoms with Crippen molar-refractivity contribution >= 4 is 11.7 Å². The van der Waals surface area contributed by atoms with Gasteiger partial charge in [-0.05, 0) is 49.4 Å². The highest BCUT2D eigenvalue weighted by Gasteiger charge is 2.18. The molecule has 1 aromatic rings. The monoisotopic (exact) mass is 294 g/mol. The second-order valence-electron chi connectivity index (χ2n) is 5.86. The van der Waals surface area contributed by atoms with Crippen LogP contribution in [-0.2, 0) is 0 Å². The molecule has 3 N–H and O–H groups in total. The van der Waals surface area contributed by atoms with Crippen molar-refractivity contribution in [3.63, 3.8) is 0 Å². The number of hydrogen-bond donors (Lipinski definition) is 3. The molecule has 2 amide bonds. The number of benzene rings is 1. The van der Waals surface area contributed by atoms with Gasteiger partial charge in [-0.25, -0.2) is 4.79 Å². The minimum absolute atomic E-state index is 0.119. The van der Waals surface area contributed by atoms with Crippen LogP contribution in [0.1, 0.15) is 32.8 Å². The van der Waals surface area contributed by atoms with Crippen molar-refractivity contribution in [1.82, 2.24) is 5.32 Å². The zero-order valence-electron chi connectivity index (χ0n) is 13.3. The second-order valence-corrected chi connectivity index (χ2v) is 5.86. The molecule has 0 unspecified atom stereocenters. The number of nitrogens with one attached hydrogen (secondary N) is 2. The summed E-state index contributed by atoms with van der Waals surface area (Å²) in [6.45, 7) is 9.14. The van der Waals surface area contributed by atoms with Crippen LogP contribution in [-0.4, -0.2) is 30.9 Å². The van der Waals surface area contributed by atoms with Crippen LogP contribution in [0.3, 0.4) is 0 Å². The van der Waals surface area contributed by atoms with Crippen molar-refractivity contribution in [2.45, 2.75) is 34.1 Å². The smallest absolute Gasteiger partial charge is 0.319 e. The normalized spacial score (nSPS) is 11.1. The predicted octanol–water partition coefficient (Wildman–Crippen LogP) is 2.92. The van der Waals surface area contributed by atoms with Crippen molar-refractivity contribution < 1.29 is 14.6 Å². The Hall–Kier alpha value is -1.75. The van der Waals surface area contributed by atoms with E-state index in [1.54, 1.807) is 0 Å². The average molecular weight is 294 g/mol. The Labute approximate surface area is 126 Å². The Bertz CT molecular complexity index is 473. The Kier molecular flexibility index (Phi) is 6.49. The fraction of sp³-hybridized carbons (Fsp3) is 0.562. The second kappa shape index (κ2) is 7.88. The molecule has 1 aromatic carbocycles. The van der Waals surface area contributed by atoms with Gasteiger partial charge in [-0.1, -0.05) is 13.8 Å². The van der Waals surface area contributed by atoms with Gasteiger partial charge in [-0.2, -0.15) is 0 Å². The van der Waals surface area contributed by atoms with Gasteiger partial charge >= 0.3 is 6.03 Å². The van der Waals surface area contributed by atoms with Gasteiger partial charge in [0.05, 0.1) is 6.61 Å². The molecule has 5 nitrogen and oxygen atoms in total. The Morgan fingerprint density at radius 3 is 2.67 bits per heavy atom. The molecule has 0 fully saturated rings. The molecule has 0 bridgehead atoms. The number of carbonyl (C=O) groups is 1. The van der Waals surface area contributed by atoms with E-state index < -0.39 is 0 Å². The maximum atomic E-state index is 11.9. The number of urea groups is 1. The van der Waals surface area contributed by atoms with E-state index in [-0.39, 0.29) is 18.1 Å². The van der Waals surface area contributed by atoms with E-state index in [0.29, 0.717) is 19.6 Å². The van der Waals surface area contributed by atoms with Gasteiger partial charge in [0.1, 0.15) is 5.75 Å². The first-order valence-electron chi connectivity index (χ1n) is 7.27. The largest absolute Gasteiger partial charge is 0.494 e. The number of ether oxygens (including phenoxy) is 1. The van der Waals surface area contributed by atoms with Crippen LogP contribution >= 0.6 is 0 Å². The predicted molar refractivity (Wildman–Crippen MR) is 84.9 cm³/mol. The van der Waals surface area contributed by atoms with Crippen molar-refractivity contribution in [3.05, 3.63) is 23.8 Å². The molecule has 1 rings (SSSR count). The van der Waals surface area contributed by atoms with Crippen molar-refractivity contribution in [3.8, 4) is 5.75 Å². The van der Waals surface area contributed by atoms with Crippen LogP contribution in [0.4, 0.5) is 10.5 Å². The molecule has 5 heteroatoms. The lowest BCUT2D eigenvalue weighted by Crippen LogP contribution is -2.37. The molecule has 0 aliphatic heterocycles. The molecule has 0 heterocycles. The molecule has 118 valence electrons. The van der Waals surface area contributed by atoms with E-state index in [0.717, 1.165) is 17.0 Å². The number of anilines is 1. The fourth-order valence-corrected chi connectivity index (χ4v) is 1.93. The number of carbonyl (C=O) groups excluding carboxylic acids is 1. The van der Waals surface area contributed by atoms with Gasteiger partial charge in [0.15, 0.2) is 0 Å². The van der Waals surface area contributed by atoms with Crippen LogP contribution in [0.5, 0.6) is 5.75 Å². The highest BCUT2D eigenvalue weighted by Crippen LogP contribution is 2.22. The third-order valence-electron chi connectivity index (χ3n) is 3.25. The molecule has 0 atom stereocenters. The van der Waals surface area contributed by atoms with E-state index in [2.05, 4.69) is 10.6 Å². The summed E-state index contributed by atoms with van der Waals surface area (Å²) in [7, 11) is 0. The van der Waals surface area contributed by atoms with E-state index in [1.165, 1.54) is 0 Å². The molecule has 0 radical (unpaired) electrons. The lowest BCUT2D eigenvalue weighted by Gasteiger charge is -2.23. The molecule has 21 heavy (non-hydrogen) atoms. The summed E-state index contributed by atoms with van der Waals surface area (Å²) in [4.78, 5) is 11.9. The van der Waals surface area contributed by atoms with Gasteiger partial charge in [0.25, 0.3) is 0 Å². The molecule has 0 aromatic heterocycles. The lowest BCUT2D eigenvalue weighted by molar-refractivity contribution is 0.204. The highest BCUT2D eigenvalue weighted by molar-refractivity contribution is 5.89. The van der Waals surface area contributed by atoms with Crippen molar-refractivity contribution in [2.24, 2.45) is 5.41 Å². The number of aryl methyl sites for hydroxylation is 1. The third kappa shape index (κ3) is 6.04. The van der Waals surface area contributed by atoms with Crippen LogP contribution < -0.4 is 15.4 Å². The molecule has 0 saturated carbocycles. The van der Waals surface area contributed by atoms with Gasteiger partial charge in [-0.15, -0.1) is 0 Å². The van der Waals surface area contributed by atoms with E-state index in [4.69, 9.17) is 9.84 Å². The number of rotatable bonds is 7.